The molecule has 36 heavy (non-hydrogen) atoms. The minimum absolute atomic E-state index is 0. The summed E-state index contributed by atoms with van der Waals surface area (Å²) in [4.78, 5) is 19.7. The third-order valence-electron chi connectivity index (χ3n) is 7.16. The molecule has 0 bridgehead atoms. The molecular formula is C27H36Cl4FN3O. The number of hydrogen-bond acceptors (Lipinski definition) is 3. The standard InChI is InChI=1S/C27H34Cl2FN3O.2ClH/c1-19-14-21(15-22-7-3-4-8-25(22)30)18-33(27(19)34)26-23(28)16-20(17-24(26)29)6-5-9-32-12-10-31(2)11-13-32;;/h3-4,7-8,16-17,19,21H,5-6,9-15,18H2,1-2H3;2*1H/t19-,21-;;/m1../s1. The summed E-state index contributed by atoms with van der Waals surface area (Å²) in [6.07, 6.45) is 3.25. The summed E-state index contributed by atoms with van der Waals surface area (Å²) in [6, 6.07) is 10.8. The lowest BCUT2D eigenvalue weighted by Crippen LogP contribution is -2.45. The second-order valence-electron chi connectivity index (χ2n) is 9.90. The molecule has 0 aromatic heterocycles. The van der Waals surface area contributed by atoms with Gasteiger partial charge in [-0.25, -0.2) is 4.39 Å². The Morgan fingerprint density at radius 1 is 1.03 bits per heavy atom. The summed E-state index contributed by atoms with van der Waals surface area (Å²) in [7, 11) is 2.17. The molecule has 2 aliphatic heterocycles. The fraction of sp³-hybridized carbons (Fsp3) is 0.519. The van der Waals surface area contributed by atoms with Gasteiger partial charge >= 0.3 is 0 Å². The Balaban J connectivity index is 0.00000228. The van der Waals surface area contributed by atoms with E-state index < -0.39 is 0 Å². The first-order valence-electron chi connectivity index (χ1n) is 12.3. The van der Waals surface area contributed by atoms with E-state index in [4.69, 9.17) is 23.2 Å². The van der Waals surface area contributed by atoms with Gasteiger partial charge in [-0.15, -0.1) is 24.8 Å². The molecule has 0 radical (unpaired) electrons. The molecular weight excluding hydrogens is 543 g/mol. The number of piperidine rings is 1. The van der Waals surface area contributed by atoms with E-state index in [9.17, 15) is 9.18 Å². The molecule has 0 spiro atoms. The first-order valence-corrected chi connectivity index (χ1v) is 13.0. The number of halogens is 5. The topological polar surface area (TPSA) is 26.8 Å². The van der Waals surface area contributed by atoms with Crippen molar-refractivity contribution in [3.63, 3.8) is 0 Å². The number of carbonyl (C=O) groups excluding carboxylic acids is 1. The maximum atomic E-state index is 14.2. The van der Waals surface area contributed by atoms with Gasteiger partial charge in [-0.3, -0.25) is 4.79 Å². The zero-order chi connectivity index (χ0) is 24.2. The van der Waals surface area contributed by atoms with Crippen molar-refractivity contribution in [1.29, 1.82) is 0 Å². The van der Waals surface area contributed by atoms with E-state index in [2.05, 4.69) is 16.8 Å². The average Bonchev–Trinajstić information content (AvgIpc) is 2.79. The Bertz CT molecular complexity index is 993. The fourth-order valence-corrected chi connectivity index (χ4v) is 5.95. The molecule has 2 aromatic rings. The third kappa shape index (κ3) is 7.72. The maximum absolute atomic E-state index is 14.2. The van der Waals surface area contributed by atoms with Gasteiger partial charge in [0.2, 0.25) is 5.91 Å². The van der Waals surface area contributed by atoms with Crippen molar-refractivity contribution < 1.29 is 9.18 Å². The minimum Gasteiger partial charge on any atom is -0.309 e. The molecule has 9 heteroatoms. The molecule has 0 saturated carbocycles. The Labute approximate surface area is 236 Å². The lowest BCUT2D eigenvalue weighted by atomic mass is 9.85. The van der Waals surface area contributed by atoms with Crippen molar-refractivity contribution in [2.24, 2.45) is 11.8 Å². The van der Waals surface area contributed by atoms with Crippen LogP contribution in [-0.2, 0) is 17.6 Å². The van der Waals surface area contributed by atoms with Gasteiger partial charge in [0, 0.05) is 38.6 Å². The van der Waals surface area contributed by atoms with E-state index in [1.54, 1.807) is 11.0 Å². The van der Waals surface area contributed by atoms with Crippen molar-refractivity contribution in [3.8, 4) is 0 Å². The molecule has 2 aliphatic rings. The summed E-state index contributed by atoms with van der Waals surface area (Å²) in [6.45, 7) is 7.93. The number of aryl methyl sites for hydroxylation is 1. The molecule has 4 rings (SSSR count). The van der Waals surface area contributed by atoms with Gasteiger partial charge in [-0.05, 0) is 74.5 Å². The van der Waals surface area contributed by atoms with E-state index in [1.807, 2.05) is 31.2 Å². The highest BCUT2D eigenvalue weighted by Gasteiger charge is 2.34. The van der Waals surface area contributed by atoms with E-state index in [1.165, 1.54) is 6.07 Å². The van der Waals surface area contributed by atoms with E-state index in [-0.39, 0.29) is 48.4 Å². The number of rotatable bonds is 7. The van der Waals surface area contributed by atoms with Gasteiger partial charge < -0.3 is 14.7 Å². The lowest BCUT2D eigenvalue weighted by molar-refractivity contribution is -0.124. The Kier molecular flexibility index (Phi) is 12.3. The summed E-state index contributed by atoms with van der Waals surface area (Å²) < 4.78 is 14.2. The highest BCUT2D eigenvalue weighted by molar-refractivity contribution is 6.40. The average molecular weight is 579 g/mol. The fourth-order valence-electron chi connectivity index (χ4n) is 5.21. The zero-order valence-electron chi connectivity index (χ0n) is 20.9. The highest BCUT2D eigenvalue weighted by Crippen LogP contribution is 2.39. The Hall–Kier alpha value is -1.08. The number of anilines is 1. The second kappa shape index (κ2) is 14.2. The van der Waals surface area contributed by atoms with Crippen LogP contribution >= 0.6 is 48.0 Å². The van der Waals surface area contributed by atoms with Gasteiger partial charge in [0.1, 0.15) is 5.82 Å². The molecule has 4 nitrogen and oxygen atoms in total. The number of piperazine rings is 1. The smallest absolute Gasteiger partial charge is 0.229 e. The van der Waals surface area contributed by atoms with Crippen LogP contribution in [-0.4, -0.2) is 62.0 Å². The normalized spacial score (nSPS) is 21.1. The van der Waals surface area contributed by atoms with Crippen LogP contribution in [0.1, 0.15) is 30.9 Å². The SMILES string of the molecule is C[C@@H]1C[C@H](Cc2ccccc2F)CN(c2c(Cl)cc(CCCN3CCN(C)CC3)cc2Cl)C1=O.Cl.Cl. The van der Waals surface area contributed by atoms with Gasteiger partial charge in [0.15, 0.2) is 0 Å². The largest absolute Gasteiger partial charge is 0.309 e. The molecule has 1 amide bonds. The first kappa shape index (κ1) is 31.1. The molecule has 2 saturated heterocycles. The Morgan fingerprint density at radius 3 is 2.31 bits per heavy atom. The number of benzene rings is 2. The van der Waals surface area contributed by atoms with Crippen LogP contribution in [0.2, 0.25) is 10.0 Å². The number of hydrogen-bond donors (Lipinski definition) is 0. The van der Waals surface area contributed by atoms with Crippen molar-refractivity contribution in [3.05, 3.63) is 63.4 Å². The van der Waals surface area contributed by atoms with Crippen molar-refractivity contribution in [1.82, 2.24) is 9.80 Å². The van der Waals surface area contributed by atoms with Crippen LogP contribution in [0.25, 0.3) is 0 Å². The quantitative estimate of drug-likeness (QED) is 0.381. The summed E-state index contributed by atoms with van der Waals surface area (Å²) in [5.41, 5.74) is 2.36. The van der Waals surface area contributed by atoms with E-state index in [0.717, 1.165) is 57.5 Å². The molecule has 0 unspecified atom stereocenters. The van der Waals surface area contributed by atoms with Gasteiger partial charge in [-0.1, -0.05) is 48.3 Å². The van der Waals surface area contributed by atoms with Crippen molar-refractivity contribution >= 4 is 59.6 Å². The lowest BCUT2D eigenvalue weighted by Gasteiger charge is -2.37. The zero-order valence-corrected chi connectivity index (χ0v) is 24.0. The van der Waals surface area contributed by atoms with E-state index in [0.29, 0.717) is 34.3 Å². The van der Waals surface area contributed by atoms with Gasteiger partial charge in [0.05, 0.1) is 15.7 Å². The van der Waals surface area contributed by atoms with Crippen LogP contribution < -0.4 is 4.90 Å². The first-order chi connectivity index (χ1) is 16.3. The molecule has 2 fully saturated rings. The van der Waals surface area contributed by atoms with Crippen LogP contribution in [0, 0.1) is 17.7 Å². The summed E-state index contributed by atoms with van der Waals surface area (Å²) >= 11 is 13.4. The number of amides is 1. The van der Waals surface area contributed by atoms with Crippen molar-refractivity contribution in [2.75, 3.05) is 51.2 Å². The van der Waals surface area contributed by atoms with Gasteiger partial charge in [-0.2, -0.15) is 0 Å². The third-order valence-corrected chi connectivity index (χ3v) is 7.74. The van der Waals surface area contributed by atoms with Crippen LogP contribution in [0.15, 0.2) is 36.4 Å². The number of likely N-dealkylation sites (N-methyl/N-ethyl adjacent to an activating group) is 1. The number of nitrogens with zero attached hydrogens (tertiary/aromatic N) is 3. The molecule has 0 N–H and O–H groups in total. The summed E-state index contributed by atoms with van der Waals surface area (Å²) in [5.74, 6) is -0.201. The van der Waals surface area contributed by atoms with Crippen molar-refractivity contribution in [2.45, 2.75) is 32.6 Å². The minimum atomic E-state index is -0.199. The van der Waals surface area contributed by atoms with Crippen LogP contribution in [0.4, 0.5) is 10.1 Å². The monoisotopic (exact) mass is 577 g/mol. The highest BCUT2D eigenvalue weighted by atomic mass is 35.5. The molecule has 2 heterocycles. The predicted octanol–water partition coefficient (Wildman–Crippen LogP) is 6.39. The van der Waals surface area contributed by atoms with E-state index >= 15 is 0 Å². The molecule has 0 aliphatic carbocycles. The Morgan fingerprint density at radius 2 is 1.67 bits per heavy atom. The molecule has 2 atom stereocenters. The van der Waals surface area contributed by atoms with Crippen LogP contribution in [0.3, 0.4) is 0 Å². The maximum Gasteiger partial charge on any atom is 0.229 e. The molecule has 200 valence electrons. The van der Waals surface area contributed by atoms with Crippen LogP contribution in [0.5, 0.6) is 0 Å². The predicted molar refractivity (Wildman–Crippen MR) is 153 cm³/mol. The summed E-state index contributed by atoms with van der Waals surface area (Å²) in [5, 5.41) is 1.02. The van der Waals surface area contributed by atoms with Gasteiger partial charge in [0.25, 0.3) is 0 Å². The second-order valence-corrected chi connectivity index (χ2v) is 10.7. The number of carbonyl (C=O) groups is 1. The molecule has 2 aromatic carbocycles.